The second-order valence-electron chi connectivity index (χ2n) is 6.75. The third-order valence-corrected chi connectivity index (χ3v) is 4.49. The number of aliphatic imine (C=N–C) groups is 1. The van der Waals surface area contributed by atoms with Crippen molar-refractivity contribution in [2.24, 2.45) is 4.99 Å². The Kier molecular flexibility index (Phi) is 8.12. The second kappa shape index (κ2) is 10.3. The number of morpholine rings is 1. The zero-order valence-electron chi connectivity index (χ0n) is 16.4. The highest BCUT2D eigenvalue weighted by Gasteiger charge is 2.17. The maximum absolute atomic E-state index is 14.1. The third kappa shape index (κ3) is 6.14. The highest BCUT2D eigenvalue weighted by molar-refractivity contribution is 5.79. The van der Waals surface area contributed by atoms with Gasteiger partial charge in [-0.2, -0.15) is 0 Å². The number of nitrogens with one attached hydrogen (secondary N) is 2. The van der Waals surface area contributed by atoms with E-state index >= 15 is 0 Å². The molecule has 26 heavy (non-hydrogen) atoms. The van der Waals surface area contributed by atoms with Crippen molar-refractivity contribution in [3.63, 3.8) is 0 Å². The standard InChI is InChI=1S/C19H32FN5O/c1-5-21-19(22-13-15(2)25-8-10-26-11-9-25)23-14-16-6-7-18(24(3)4)17(20)12-16/h6-7,12,15H,5,8-11,13-14H2,1-4H3,(H2,21,22,23). The quantitative estimate of drug-likeness (QED) is 0.569. The van der Waals surface area contributed by atoms with Crippen molar-refractivity contribution < 1.29 is 9.13 Å². The first-order valence-electron chi connectivity index (χ1n) is 9.31. The van der Waals surface area contributed by atoms with Gasteiger partial charge in [0, 0.05) is 46.3 Å². The number of benzene rings is 1. The predicted octanol–water partition coefficient (Wildman–Crippen LogP) is 1.67. The fourth-order valence-electron chi connectivity index (χ4n) is 2.92. The summed E-state index contributed by atoms with van der Waals surface area (Å²) in [7, 11) is 3.66. The molecule has 1 aliphatic rings. The molecule has 1 fully saturated rings. The van der Waals surface area contributed by atoms with Crippen LogP contribution in [0.25, 0.3) is 0 Å². The van der Waals surface area contributed by atoms with Gasteiger partial charge in [0.1, 0.15) is 5.82 Å². The largest absolute Gasteiger partial charge is 0.379 e. The molecule has 0 amide bonds. The average molecular weight is 365 g/mol. The summed E-state index contributed by atoms with van der Waals surface area (Å²) < 4.78 is 19.5. The zero-order valence-corrected chi connectivity index (χ0v) is 16.4. The van der Waals surface area contributed by atoms with E-state index in [0.29, 0.717) is 18.3 Å². The minimum atomic E-state index is -0.221. The van der Waals surface area contributed by atoms with Crippen LogP contribution in [0.3, 0.4) is 0 Å². The summed E-state index contributed by atoms with van der Waals surface area (Å²) in [6.07, 6.45) is 0. The molecular formula is C19H32FN5O. The predicted molar refractivity (Wildman–Crippen MR) is 105 cm³/mol. The Balaban J connectivity index is 1.92. The number of ether oxygens (including phenoxy) is 1. The molecule has 1 saturated heterocycles. The molecule has 1 heterocycles. The molecule has 0 aliphatic carbocycles. The van der Waals surface area contributed by atoms with Gasteiger partial charge in [-0.1, -0.05) is 6.07 Å². The van der Waals surface area contributed by atoms with Crippen molar-refractivity contribution in [1.82, 2.24) is 15.5 Å². The van der Waals surface area contributed by atoms with Crippen molar-refractivity contribution in [3.8, 4) is 0 Å². The molecule has 0 saturated carbocycles. The van der Waals surface area contributed by atoms with Crippen LogP contribution < -0.4 is 15.5 Å². The second-order valence-corrected chi connectivity index (χ2v) is 6.75. The maximum Gasteiger partial charge on any atom is 0.191 e. The van der Waals surface area contributed by atoms with E-state index in [9.17, 15) is 4.39 Å². The Morgan fingerprint density at radius 1 is 1.31 bits per heavy atom. The van der Waals surface area contributed by atoms with Gasteiger partial charge in [0.05, 0.1) is 25.4 Å². The van der Waals surface area contributed by atoms with E-state index in [1.807, 2.05) is 27.1 Å². The molecule has 0 radical (unpaired) electrons. The van der Waals surface area contributed by atoms with Crippen LogP contribution in [0, 0.1) is 5.82 Å². The minimum absolute atomic E-state index is 0.221. The lowest BCUT2D eigenvalue weighted by atomic mass is 10.2. The Hall–Kier alpha value is -1.86. The summed E-state index contributed by atoms with van der Waals surface area (Å²) in [6, 6.07) is 5.67. The highest BCUT2D eigenvalue weighted by Crippen LogP contribution is 2.18. The van der Waals surface area contributed by atoms with Crippen LogP contribution in [0.2, 0.25) is 0 Å². The number of rotatable bonds is 7. The van der Waals surface area contributed by atoms with Gasteiger partial charge in [-0.05, 0) is 31.5 Å². The fraction of sp³-hybridized carbons (Fsp3) is 0.632. The minimum Gasteiger partial charge on any atom is -0.379 e. The summed E-state index contributed by atoms with van der Waals surface area (Å²) in [5.41, 5.74) is 1.44. The lowest BCUT2D eigenvalue weighted by molar-refractivity contribution is 0.0211. The number of nitrogens with zero attached hydrogens (tertiary/aromatic N) is 3. The molecule has 1 aromatic carbocycles. The van der Waals surface area contributed by atoms with Gasteiger partial charge < -0.3 is 20.3 Å². The summed E-state index contributed by atoms with van der Waals surface area (Å²) in [6.45, 7) is 9.80. The van der Waals surface area contributed by atoms with Crippen LogP contribution in [0.5, 0.6) is 0 Å². The van der Waals surface area contributed by atoms with Crippen molar-refractivity contribution in [2.45, 2.75) is 26.4 Å². The Labute approximate surface area is 156 Å². The summed E-state index contributed by atoms with van der Waals surface area (Å²) in [5, 5.41) is 6.64. The lowest BCUT2D eigenvalue weighted by Crippen LogP contribution is -2.49. The molecule has 2 N–H and O–H groups in total. The Morgan fingerprint density at radius 3 is 2.65 bits per heavy atom. The molecule has 0 bridgehead atoms. The number of halogens is 1. The molecule has 1 atom stereocenters. The number of anilines is 1. The van der Waals surface area contributed by atoms with Crippen LogP contribution >= 0.6 is 0 Å². The molecule has 1 aliphatic heterocycles. The van der Waals surface area contributed by atoms with E-state index in [2.05, 4.69) is 27.4 Å². The normalized spacial score (nSPS) is 17.0. The summed E-state index contributed by atoms with van der Waals surface area (Å²) in [5.74, 6) is 0.534. The molecule has 2 rings (SSSR count). The fourth-order valence-corrected chi connectivity index (χ4v) is 2.92. The van der Waals surface area contributed by atoms with Gasteiger partial charge in [-0.15, -0.1) is 0 Å². The van der Waals surface area contributed by atoms with Gasteiger partial charge in [-0.25, -0.2) is 9.38 Å². The van der Waals surface area contributed by atoms with Crippen molar-refractivity contribution in [1.29, 1.82) is 0 Å². The number of hydrogen-bond donors (Lipinski definition) is 2. The molecule has 146 valence electrons. The molecular weight excluding hydrogens is 333 g/mol. The van der Waals surface area contributed by atoms with Crippen molar-refractivity contribution >= 4 is 11.6 Å². The Bertz CT molecular complexity index is 587. The van der Waals surface area contributed by atoms with Crippen molar-refractivity contribution in [3.05, 3.63) is 29.6 Å². The van der Waals surface area contributed by atoms with Gasteiger partial charge in [-0.3, -0.25) is 4.90 Å². The van der Waals surface area contributed by atoms with E-state index < -0.39 is 0 Å². The molecule has 0 aromatic heterocycles. The Morgan fingerprint density at radius 2 is 2.04 bits per heavy atom. The van der Waals surface area contributed by atoms with E-state index in [0.717, 1.165) is 50.9 Å². The van der Waals surface area contributed by atoms with Gasteiger partial charge in [0.15, 0.2) is 5.96 Å². The van der Waals surface area contributed by atoms with E-state index in [1.54, 1.807) is 17.0 Å². The van der Waals surface area contributed by atoms with Crippen LogP contribution in [0.1, 0.15) is 19.4 Å². The van der Waals surface area contributed by atoms with Gasteiger partial charge >= 0.3 is 0 Å². The first-order valence-corrected chi connectivity index (χ1v) is 9.31. The molecule has 1 aromatic rings. The van der Waals surface area contributed by atoms with Crippen LogP contribution in [0.4, 0.5) is 10.1 Å². The maximum atomic E-state index is 14.1. The first-order chi connectivity index (χ1) is 12.5. The van der Waals surface area contributed by atoms with E-state index in [-0.39, 0.29) is 5.82 Å². The lowest BCUT2D eigenvalue weighted by Gasteiger charge is -2.32. The molecule has 7 heteroatoms. The van der Waals surface area contributed by atoms with Gasteiger partial charge in [0.25, 0.3) is 0 Å². The van der Waals surface area contributed by atoms with Crippen LogP contribution in [-0.4, -0.2) is 70.4 Å². The molecule has 6 nitrogen and oxygen atoms in total. The van der Waals surface area contributed by atoms with Gasteiger partial charge in [0.2, 0.25) is 0 Å². The van der Waals surface area contributed by atoms with Crippen LogP contribution in [0.15, 0.2) is 23.2 Å². The monoisotopic (exact) mass is 365 g/mol. The topological polar surface area (TPSA) is 52.1 Å². The molecule has 1 unspecified atom stereocenters. The summed E-state index contributed by atoms with van der Waals surface area (Å²) >= 11 is 0. The van der Waals surface area contributed by atoms with Crippen LogP contribution in [-0.2, 0) is 11.3 Å². The van der Waals surface area contributed by atoms with Crippen molar-refractivity contribution in [2.75, 3.05) is 58.4 Å². The number of hydrogen-bond acceptors (Lipinski definition) is 4. The summed E-state index contributed by atoms with van der Waals surface area (Å²) in [4.78, 5) is 8.76. The number of guanidine groups is 1. The van der Waals surface area contributed by atoms with E-state index in [4.69, 9.17) is 4.74 Å². The first kappa shape index (κ1) is 20.5. The highest BCUT2D eigenvalue weighted by atomic mass is 19.1. The van der Waals surface area contributed by atoms with E-state index in [1.165, 1.54) is 0 Å². The smallest absolute Gasteiger partial charge is 0.191 e. The average Bonchev–Trinajstić information content (AvgIpc) is 2.64. The third-order valence-electron chi connectivity index (χ3n) is 4.49. The SMILES string of the molecule is CCNC(=NCc1ccc(N(C)C)c(F)c1)NCC(C)N1CCOCC1. The molecule has 0 spiro atoms. The zero-order chi connectivity index (χ0) is 18.9.